The first kappa shape index (κ1) is 20.2. The Hall–Kier alpha value is -3.06. The molecule has 1 heterocycles. The van der Waals surface area contributed by atoms with Gasteiger partial charge in [-0.3, -0.25) is 4.79 Å². The number of ether oxygens (including phenoxy) is 1. The highest BCUT2D eigenvalue weighted by atomic mass is 16.5. The van der Waals surface area contributed by atoms with Gasteiger partial charge in [-0.05, 0) is 55.7 Å². The summed E-state index contributed by atoms with van der Waals surface area (Å²) < 4.78 is 5.40. The molecule has 2 aromatic rings. The van der Waals surface area contributed by atoms with E-state index in [2.05, 4.69) is 45.1 Å². The third-order valence-electron chi connectivity index (χ3n) is 5.41. The molecular weight excluding hydrogens is 380 g/mol. The number of amides is 3. The Bertz CT molecular complexity index is 890. The number of anilines is 2. The zero-order valence-corrected chi connectivity index (χ0v) is 17.2. The van der Waals surface area contributed by atoms with E-state index in [1.165, 1.54) is 5.69 Å². The van der Waals surface area contributed by atoms with Gasteiger partial charge in [0.15, 0.2) is 0 Å². The van der Waals surface area contributed by atoms with Crippen molar-refractivity contribution in [1.82, 2.24) is 10.6 Å². The van der Waals surface area contributed by atoms with Crippen molar-refractivity contribution in [2.75, 3.05) is 36.5 Å². The molecule has 0 aromatic heterocycles. The van der Waals surface area contributed by atoms with Gasteiger partial charge >= 0.3 is 6.03 Å². The van der Waals surface area contributed by atoms with Crippen LogP contribution in [-0.4, -0.2) is 44.3 Å². The molecule has 3 N–H and O–H groups in total. The van der Waals surface area contributed by atoms with E-state index in [0.29, 0.717) is 11.3 Å². The number of carbonyl (C=O) groups excluding carboxylic acids is 2. The van der Waals surface area contributed by atoms with Crippen LogP contribution in [0, 0.1) is 0 Å². The van der Waals surface area contributed by atoms with Crippen LogP contribution in [0.2, 0.25) is 0 Å². The van der Waals surface area contributed by atoms with Crippen molar-refractivity contribution in [3.8, 4) is 0 Å². The number of nitrogens with one attached hydrogen (secondary N) is 3. The third kappa shape index (κ3) is 5.30. The summed E-state index contributed by atoms with van der Waals surface area (Å²) in [7, 11) is 0. The molecule has 4 rings (SSSR count). The highest BCUT2D eigenvalue weighted by Crippen LogP contribution is 2.21. The molecule has 7 nitrogen and oxygen atoms in total. The normalized spacial score (nSPS) is 17.2. The van der Waals surface area contributed by atoms with E-state index in [-0.39, 0.29) is 24.0 Å². The zero-order chi connectivity index (χ0) is 20.9. The van der Waals surface area contributed by atoms with Crippen LogP contribution in [0.15, 0.2) is 48.5 Å². The van der Waals surface area contributed by atoms with Crippen LogP contribution < -0.4 is 20.9 Å². The van der Waals surface area contributed by atoms with Crippen molar-refractivity contribution in [2.24, 2.45) is 0 Å². The molecular formula is C23H28N4O3. The molecule has 3 amide bonds. The monoisotopic (exact) mass is 408 g/mol. The van der Waals surface area contributed by atoms with E-state index in [1.54, 1.807) is 24.3 Å². The number of hydrogen-bond donors (Lipinski definition) is 3. The Morgan fingerprint density at radius 1 is 1.07 bits per heavy atom. The average molecular weight is 409 g/mol. The number of hydrogen-bond acceptors (Lipinski definition) is 4. The van der Waals surface area contributed by atoms with Gasteiger partial charge in [-0.25, -0.2) is 4.79 Å². The predicted octanol–water partition coefficient (Wildman–Crippen LogP) is 3.30. The van der Waals surface area contributed by atoms with Crippen molar-refractivity contribution in [2.45, 2.75) is 31.8 Å². The molecule has 1 aliphatic carbocycles. The fourth-order valence-electron chi connectivity index (χ4n) is 3.48. The zero-order valence-electron chi connectivity index (χ0n) is 17.2. The van der Waals surface area contributed by atoms with Crippen molar-refractivity contribution in [3.63, 3.8) is 0 Å². The lowest BCUT2D eigenvalue weighted by Crippen LogP contribution is -2.36. The van der Waals surface area contributed by atoms with Crippen molar-refractivity contribution in [1.29, 1.82) is 0 Å². The van der Waals surface area contributed by atoms with Crippen molar-refractivity contribution in [3.05, 3.63) is 59.7 Å². The van der Waals surface area contributed by atoms with Gasteiger partial charge in [0.05, 0.1) is 19.3 Å². The minimum absolute atomic E-state index is 0.133. The lowest BCUT2D eigenvalue weighted by Gasteiger charge is -2.29. The van der Waals surface area contributed by atoms with Crippen molar-refractivity contribution >= 4 is 23.3 Å². The molecule has 1 atom stereocenters. The van der Waals surface area contributed by atoms with E-state index in [4.69, 9.17) is 4.74 Å². The molecule has 0 bridgehead atoms. The van der Waals surface area contributed by atoms with Gasteiger partial charge in [0.25, 0.3) is 5.91 Å². The van der Waals surface area contributed by atoms with Crippen LogP contribution >= 0.6 is 0 Å². The molecule has 158 valence electrons. The van der Waals surface area contributed by atoms with Gasteiger partial charge in [-0.2, -0.15) is 0 Å². The summed E-state index contributed by atoms with van der Waals surface area (Å²) in [6, 6.07) is 15.2. The average Bonchev–Trinajstić information content (AvgIpc) is 3.58. The Balaban J connectivity index is 1.34. The van der Waals surface area contributed by atoms with Gasteiger partial charge in [-0.1, -0.05) is 18.2 Å². The van der Waals surface area contributed by atoms with Crippen LogP contribution in [0.1, 0.15) is 41.7 Å². The molecule has 7 heteroatoms. The fraction of sp³-hybridized carbons (Fsp3) is 0.391. The minimum Gasteiger partial charge on any atom is -0.378 e. The number of carbonyl (C=O) groups is 2. The van der Waals surface area contributed by atoms with Crippen LogP contribution in [-0.2, 0) is 4.74 Å². The largest absolute Gasteiger partial charge is 0.378 e. The van der Waals surface area contributed by atoms with E-state index < -0.39 is 0 Å². The Kier molecular flexibility index (Phi) is 6.18. The Morgan fingerprint density at radius 3 is 2.50 bits per heavy atom. The minimum atomic E-state index is -0.233. The summed E-state index contributed by atoms with van der Waals surface area (Å²) in [5, 5.41) is 8.69. The molecule has 1 aliphatic heterocycles. The molecule has 2 aromatic carbocycles. The number of rotatable bonds is 6. The smallest absolute Gasteiger partial charge is 0.319 e. The SMILES string of the molecule is CC(NC(=O)c1cccc(NC(=O)NC2CC2)c1)c1ccc(N2CCOCC2)cc1. The maximum Gasteiger partial charge on any atom is 0.319 e. The number of urea groups is 1. The number of nitrogens with zero attached hydrogens (tertiary/aromatic N) is 1. The molecule has 1 saturated heterocycles. The van der Waals surface area contributed by atoms with Crippen LogP contribution in [0.4, 0.5) is 16.2 Å². The molecule has 0 radical (unpaired) electrons. The van der Waals surface area contributed by atoms with E-state index in [0.717, 1.165) is 44.7 Å². The Labute approximate surface area is 176 Å². The lowest BCUT2D eigenvalue weighted by molar-refractivity contribution is 0.0940. The molecule has 2 aliphatic rings. The summed E-state index contributed by atoms with van der Waals surface area (Å²) in [4.78, 5) is 26.9. The first-order chi connectivity index (χ1) is 14.6. The van der Waals surface area contributed by atoms with Gasteiger partial charge in [0, 0.05) is 36.1 Å². The quantitative estimate of drug-likeness (QED) is 0.685. The van der Waals surface area contributed by atoms with Gasteiger partial charge in [0.1, 0.15) is 0 Å². The summed E-state index contributed by atoms with van der Waals surface area (Å²) >= 11 is 0. The molecule has 1 unspecified atom stereocenters. The lowest BCUT2D eigenvalue weighted by atomic mass is 10.1. The second-order valence-electron chi connectivity index (χ2n) is 7.84. The highest BCUT2D eigenvalue weighted by molar-refractivity contribution is 5.97. The standard InChI is InChI=1S/C23H28N4O3/c1-16(17-5-9-21(10-6-17)27-11-13-30-14-12-27)24-22(28)18-3-2-4-20(15-18)26-23(29)25-19-7-8-19/h2-6,9-10,15-16,19H,7-8,11-14H2,1H3,(H,24,28)(H2,25,26,29). The second kappa shape index (κ2) is 9.17. The fourth-order valence-corrected chi connectivity index (χ4v) is 3.48. The molecule has 30 heavy (non-hydrogen) atoms. The van der Waals surface area contributed by atoms with Crippen LogP contribution in [0.3, 0.4) is 0 Å². The molecule has 1 saturated carbocycles. The van der Waals surface area contributed by atoms with E-state index >= 15 is 0 Å². The van der Waals surface area contributed by atoms with Gasteiger partial charge in [-0.15, -0.1) is 0 Å². The summed E-state index contributed by atoms with van der Waals surface area (Å²) in [5.41, 5.74) is 3.32. The summed E-state index contributed by atoms with van der Waals surface area (Å²) in [6.07, 6.45) is 2.06. The second-order valence-corrected chi connectivity index (χ2v) is 7.84. The first-order valence-corrected chi connectivity index (χ1v) is 10.5. The number of morpholine rings is 1. The maximum atomic E-state index is 12.7. The maximum absolute atomic E-state index is 12.7. The molecule has 0 spiro atoms. The van der Waals surface area contributed by atoms with Gasteiger partial charge in [0.2, 0.25) is 0 Å². The topological polar surface area (TPSA) is 82.7 Å². The molecule has 2 fully saturated rings. The van der Waals surface area contributed by atoms with Gasteiger partial charge < -0.3 is 25.6 Å². The summed E-state index contributed by atoms with van der Waals surface area (Å²) in [6.45, 7) is 5.27. The van der Waals surface area contributed by atoms with Crippen LogP contribution in [0.5, 0.6) is 0 Å². The van der Waals surface area contributed by atoms with E-state index in [1.807, 2.05) is 6.92 Å². The first-order valence-electron chi connectivity index (χ1n) is 10.5. The number of benzene rings is 2. The predicted molar refractivity (Wildman–Crippen MR) is 117 cm³/mol. The third-order valence-corrected chi connectivity index (χ3v) is 5.41. The van der Waals surface area contributed by atoms with Crippen molar-refractivity contribution < 1.29 is 14.3 Å². The Morgan fingerprint density at radius 2 is 1.80 bits per heavy atom. The highest BCUT2D eigenvalue weighted by Gasteiger charge is 2.23. The van der Waals surface area contributed by atoms with E-state index in [9.17, 15) is 9.59 Å². The summed E-state index contributed by atoms with van der Waals surface area (Å²) in [5.74, 6) is -0.175. The van der Waals surface area contributed by atoms with Crippen LogP contribution in [0.25, 0.3) is 0 Å².